The van der Waals surface area contributed by atoms with Crippen molar-refractivity contribution in [3.63, 3.8) is 0 Å². The van der Waals surface area contributed by atoms with Crippen LogP contribution in [0.3, 0.4) is 0 Å². The summed E-state index contributed by atoms with van der Waals surface area (Å²) in [7, 11) is 1.43. The highest BCUT2D eigenvalue weighted by atomic mass is 16.6. The van der Waals surface area contributed by atoms with Crippen LogP contribution in [-0.4, -0.2) is 36.3 Å². The summed E-state index contributed by atoms with van der Waals surface area (Å²) in [5, 5.41) is 13.6. The second kappa shape index (κ2) is 9.30. The minimum absolute atomic E-state index is 0.0103. The van der Waals surface area contributed by atoms with Crippen LogP contribution in [0.1, 0.15) is 22.6 Å². The van der Waals surface area contributed by atoms with Crippen molar-refractivity contribution < 1.29 is 19.2 Å². The van der Waals surface area contributed by atoms with E-state index in [1.807, 2.05) is 24.3 Å². The molecule has 8 heteroatoms. The molecule has 0 radical (unpaired) electrons. The van der Waals surface area contributed by atoms with Crippen molar-refractivity contribution in [3.05, 3.63) is 93.7 Å². The van der Waals surface area contributed by atoms with Gasteiger partial charge in [-0.1, -0.05) is 60.7 Å². The van der Waals surface area contributed by atoms with Gasteiger partial charge < -0.3 is 14.8 Å². The van der Waals surface area contributed by atoms with Crippen LogP contribution in [-0.2, 0) is 4.74 Å². The zero-order chi connectivity index (χ0) is 22.5. The molecule has 162 valence electrons. The van der Waals surface area contributed by atoms with Gasteiger partial charge in [0.15, 0.2) is 0 Å². The van der Waals surface area contributed by atoms with E-state index in [2.05, 4.69) is 34.6 Å². The molecule has 1 aliphatic carbocycles. The fourth-order valence-corrected chi connectivity index (χ4v) is 3.83. The van der Waals surface area contributed by atoms with E-state index in [1.165, 1.54) is 24.3 Å². The van der Waals surface area contributed by atoms with Crippen LogP contribution in [0.4, 0.5) is 10.5 Å². The summed E-state index contributed by atoms with van der Waals surface area (Å²) >= 11 is 0. The predicted octanol–water partition coefficient (Wildman–Crippen LogP) is 4.55. The van der Waals surface area contributed by atoms with E-state index in [4.69, 9.17) is 9.47 Å². The van der Waals surface area contributed by atoms with Crippen molar-refractivity contribution in [2.45, 2.75) is 5.92 Å². The first-order valence-corrected chi connectivity index (χ1v) is 10.0. The van der Waals surface area contributed by atoms with Crippen molar-refractivity contribution in [1.82, 2.24) is 10.3 Å². The highest BCUT2D eigenvalue weighted by molar-refractivity contribution is 5.79. The Morgan fingerprint density at radius 1 is 1.16 bits per heavy atom. The second-order valence-electron chi connectivity index (χ2n) is 7.16. The normalized spacial score (nSPS) is 12.3. The molecule has 1 aliphatic rings. The van der Waals surface area contributed by atoms with Crippen molar-refractivity contribution >= 4 is 17.9 Å². The molecule has 1 heterocycles. The summed E-state index contributed by atoms with van der Waals surface area (Å²) in [4.78, 5) is 26.5. The van der Waals surface area contributed by atoms with Crippen LogP contribution >= 0.6 is 0 Å². The standard InChI is InChI=1S/C24H21N3O5/c1-31-23-16(13-17(14-26-23)27(29)30)7-6-12-25-24(28)32-15-22-20-10-4-2-8-18(20)19-9-3-5-11-21(19)22/h2-11,13-14,22H,12,15H2,1H3,(H,25,28). The van der Waals surface area contributed by atoms with Crippen molar-refractivity contribution in [3.8, 4) is 17.0 Å². The number of rotatable bonds is 7. The molecule has 0 spiro atoms. The fourth-order valence-electron chi connectivity index (χ4n) is 3.83. The highest BCUT2D eigenvalue weighted by Gasteiger charge is 2.28. The third-order valence-corrected chi connectivity index (χ3v) is 5.27. The van der Waals surface area contributed by atoms with Gasteiger partial charge in [0, 0.05) is 24.1 Å². The Kier molecular flexibility index (Phi) is 6.12. The molecule has 8 nitrogen and oxygen atoms in total. The van der Waals surface area contributed by atoms with Gasteiger partial charge >= 0.3 is 6.09 Å². The monoisotopic (exact) mass is 431 g/mol. The number of aromatic nitrogens is 1. The Balaban J connectivity index is 1.35. The lowest BCUT2D eigenvalue weighted by Crippen LogP contribution is -2.26. The van der Waals surface area contributed by atoms with Gasteiger partial charge in [-0.15, -0.1) is 0 Å². The molecule has 0 atom stereocenters. The molecule has 1 N–H and O–H groups in total. The molecule has 0 aliphatic heterocycles. The molecule has 0 bridgehead atoms. The van der Waals surface area contributed by atoms with Gasteiger partial charge in [-0.05, 0) is 22.3 Å². The number of amides is 1. The Morgan fingerprint density at radius 2 is 1.81 bits per heavy atom. The number of hydrogen-bond acceptors (Lipinski definition) is 6. The van der Waals surface area contributed by atoms with Gasteiger partial charge in [0.05, 0.1) is 12.0 Å². The maximum absolute atomic E-state index is 12.2. The molecule has 3 aromatic rings. The largest absolute Gasteiger partial charge is 0.481 e. The molecule has 0 unspecified atom stereocenters. The lowest BCUT2D eigenvalue weighted by Gasteiger charge is -2.14. The van der Waals surface area contributed by atoms with Gasteiger partial charge in [-0.25, -0.2) is 9.78 Å². The summed E-state index contributed by atoms with van der Waals surface area (Å²) in [6.07, 6.45) is 3.83. The fraction of sp³-hybridized carbons (Fsp3) is 0.167. The van der Waals surface area contributed by atoms with Crippen molar-refractivity contribution in [1.29, 1.82) is 0 Å². The number of benzene rings is 2. The highest BCUT2D eigenvalue weighted by Crippen LogP contribution is 2.44. The molecule has 4 rings (SSSR count). The smallest absolute Gasteiger partial charge is 0.407 e. The van der Waals surface area contributed by atoms with Crippen LogP contribution < -0.4 is 10.1 Å². The molecule has 2 aromatic carbocycles. The number of nitro groups is 1. The van der Waals surface area contributed by atoms with Gasteiger partial charge in [-0.2, -0.15) is 0 Å². The van der Waals surface area contributed by atoms with E-state index in [1.54, 1.807) is 12.2 Å². The molecule has 1 amide bonds. The number of carbonyl (C=O) groups excluding carboxylic acids is 1. The molecule has 0 saturated carbocycles. The lowest BCUT2D eigenvalue weighted by atomic mass is 9.98. The number of carbonyl (C=O) groups is 1. The molecule has 32 heavy (non-hydrogen) atoms. The minimum atomic E-state index is -0.541. The van der Waals surface area contributed by atoms with Crippen LogP contribution in [0.15, 0.2) is 66.9 Å². The first kappa shape index (κ1) is 21.0. The average Bonchev–Trinajstić information content (AvgIpc) is 3.14. The molecule has 1 aromatic heterocycles. The van der Waals surface area contributed by atoms with Gasteiger partial charge in [0.2, 0.25) is 5.88 Å². The average molecular weight is 431 g/mol. The quantitative estimate of drug-likeness (QED) is 0.435. The topological polar surface area (TPSA) is 104 Å². The molecule has 0 saturated heterocycles. The van der Waals surface area contributed by atoms with Crippen LogP contribution in [0, 0.1) is 10.1 Å². The number of hydrogen-bond donors (Lipinski definition) is 1. The van der Waals surface area contributed by atoms with E-state index < -0.39 is 11.0 Å². The Hall–Kier alpha value is -4.20. The number of nitrogens with zero attached hydrogens (tertiary/aromatic N) is 2. The summed E-state index contributed by atoms with van der Waals surface area (Å²) < 4.78 is 10.6. The molecular weight excluding hydrogens is 410 g/mol. The van der Waals surface area contributed by atoms with Crippen LogP contribution in [0.25, 0.3) is 17.2 Å². The van der Waals surface area contributed by atoms with E-state index >= 15 is 0 Å². The molecule has 0 fully saturated rings. The summed E-state index contributed by atoms with van der Waals surface area (Å²) in [6, 6.07) is 17.6. The van der Waals surface area contributed by atoms with E-state index in [0.717, 1.165) is 17.3 Å². The number of alkyl carbamates (subject to hydrolysis) is 1. The number of nitrogens with one attached hydrogen (secondary N) is 1. The number of methoxy groups -OCH3 is 1. The second-order valence-corrected chi connectivity index (χ2v) is 7.16. The first-order valence-electron chi connectivity index (χ1n) is 10.0. The number of fused-ring (bicyclic) bond motifs is 3. The lowest BCUT2D eigenvalue weighted by molar-refractivity contribution is -0.385. The first-order chi connectivity index (χ1) is 15.6. The third kappa shape index (κ3) is 4.29. The van der Waals surface area contributed by atoms with E-state index in [0.29, 0.717) is 5.56 Å². The van der Waals surface area contributed by atoms with Crippen molar-refractivity contribution in [2.24, 2.45) is 0 Å². The van der Waals surface area contributed by atoms with Crippen LogP contribution in [0.2, 0.25) is 0 Å². The van der Waals surface area contributed by atoms with E-state index in [9.17, 15) is 14.9 Å². The summed E-state index contributed by atoms with van der Waals surface area (Å²) in [5.41, 5.74) is 4.92. The Labute approximate surface area is 184 Å². The maximum Gasteiger partial charge on any atom is 0.407 e. The Morgan fingerprint density at radius 3 is 2.44 bits per heavy atom. The number of pyridine rings is 1. The molecular formula is C24H21N3O5. The summed E-state index contributed by atoms with van der Waals surface area (Å²) in [6.45, 7) is 0.411. The zero-order valence-corrected chi connectivity index (χ0v) is 17.4. The number of ether oxygens (including phenoxy) is 2. The Bertz CT molecular complexity index is 1150. The van der Waals surface area contributed by atoms with Gasteiger partial charge in [0.25, 0.3) is 5.69 Å². The van der Waals surface area contributed by atoms with Crippen molar-refractivity contribution in [2.75, 3.05) is 20.3 Å². The summed E-state index contributed by atoms with van der Waals surface area (Å²) in [5.74, 6) is 0.247. The third-order valence-electron chi connectivity index (χ3n) is 5.27. The van der Waals surface area contributed by atoms with Gasteiger partial charge in [-0.3, -0.25) is 10.1 Å². The predicted molar refractivity (Wildman–Crippen MR) is 120 cm³/mol. The maximum atomic E-state index is 12.2. The van der Waals surface area contributed by atoms with Gasteiger partial charge in [0.1, 0.15) is 12.8 Å². The van der Waals surface area contributed by atoms with Crippen LogP contribution in [0.5, 0.6) is 5.88 Å². The minimum Gasteiger partial charge on any atom is -0.481 e. The zero-order valence-electron chi connectivity index (χ0n) is 17.4. The van der Waals surface area contributed by atoms with E-state index in [-0.39, 0.29) is 30.6 Å². The SMILES string of the molecule is COc1ncc([N+](=O)[O-])cc1C=CCNC(=O)OCC1c2ccccc2-c2ccccc21.